The Hall–Kier alpha value is -0.980. The first kappa shape index (κ1) is 14.1. The standard InChI is InChI=1S/C10H14ClF2N3O/c11-6-3-7(10(15)16-4-6)8(14)1-2-17-5-9(12)13/h3-4,8-9H,1-2,5,14H2,(H2,15,16). The minimum absolute atomic E-state index is 0.136. The van der Waals surface area contributed by atoms with Gasteiger partial charge in [0.2, 0.25) is 0 Å². The van der Waals surface area contributed by atoms with Crippen LogP contribution in [0.15, 0.2) is 12.3 Å². The number of ether oxygens (including phenoxy) is 1. The zero-order valence-corrected chi connectivity index (χ0v) is 9.83. The Bertz CT molecular complexity index is 365. The molecule has 4 N–H and O–H groups in total. The molecule has 1 heterocycles. The quantitative estimate of drug-likeness (QED) is 0.772. The van der Waals surface area contributed by atoms with Gasteiger partial charge in [-0.05, 0) is 12.5 Å². The van der Waals surface area contributed by atoms with Crippen LogP contribution in [-0.4, -0.2) is 24.6 Å². The molecule has 1 aromatic heterocycles. The van der Waals surface area contributed by atoms with Crippen molar-refractivity contribution in [1.29, 1.82) is 0 Å². The number of nitrogens with two attached hydrogens (primary N) is 2. The van der Waals surface area contributed by atoms with E-state index in [1.165, 1.54) is 6.20 Å². The summed E-state index contributed by atoms with van der Waals surface area (Å²) < 4.78 is 28.3. The molecule has 0 aliphatic rings. The van der Waals surface area contributed by atoms with E-state index in [0.717, 1.165) is 0 Å². The number of aromatic nitrogens is 1. The van der Waals surface area contributed by atoms with Crippen LogP contribution in [0.2, 0.25) is 5.02 Å². The van der Waals surface area contributed by atoms with Crippen LogP contribution in [0.1, 0.15) is 18.0 Å². The van der Waals surface area contributed by atoms with Crippen molar-refractivity contribution in [3.63, 3.8) is 0 Å². The van der Waals surface area contributed by atoms with Crippen molar-refractivity contribution < 1.29 is 13.5 Å². The maximum absolute atomic E-state index is 11.8. The Labute approximate surface area is 103 Å². The number of anilines is 1. The van der Waals surface area contributed by atoms with Gasteiger partial charge >= 0.3 is 0 Å². The fourth-order valence-corrected chi connectivity index (χ4v) is 1.47. The first-order chi connectivity index (χ1) is 8.00. The van der Waals surface area contributed by atoms with Crippen LogP contribution in [-0.2, 0) is 4.74 Å². The second-order valence-electron chi connectivity index (χ2n) is 3.49. The van der Waals surface area contributed by atoms with Crippen LogP contribution in [0.4, 0.5) is 14.6 Å². The molecule has 0 saturated carbocycles. The molecule has 0 amide bonds. The lowest BCUT2D eigenvalue weighted by atomic mass is 10.1. The largest absolute Gasteiger partial charge is 0.383 e. The van der Waals surface area contributed by atoms with Crippen LogP contribution in [0, 0.1) is 0 Å². The zero-order valence-electron chi connectivity index (χ0n) is 9.07. The maximum Gasteiger partial charge on any atom is 0.261 e. The van der Waals surface area contributed by atoms with Gasteiger partial charge in [0.15, 0.2) is 0 Å². The molecule has 1 atom stereocenters. The van der Waals surface area contributed by atoms with Crippen molar-refractivity contribution in [2.45, 2.75) is 18.9 Å². The van der Waals surface area contributed by atoms with E-state index in [2.05, 4.69) is 4.98 Å². The van der Waals surface area contributed by atoms with Gasteiger partial charge in [-0.15, -0.1) is 0 Å². The SMILES string of the molecule is Nc1ncc(Cl)cc1C(N)CCOCC(F)F. The summed E-state index contributed by atoms with van der Waals surface area (Å²) in [5.74, 6) is 0.288. The van der Waals surface area contributed by atoms with Gasteiger partial charge in [0, 0.05) is 24.4 Å². The first-order valence-electron chi connectivity index (χ1n) is 5.03. The molecule has 1 rings (SSSR count). The molecule has 0 saturated heterocycles. The van der Waals surface area contributed by atoms with Crippen molar-refractivity contribution >= 4 is 17.4 Å². The van der Waals surface area contributed by atoms with Crippen LogP contribution in [0.25, 0.3) is 0 Å². The number of halogens is 3. The number of hydrogen-bond donors (Lipinski definition) is 2. The van der Waals surface area contributed by atoms with Gasteiger partial charge in [0.1, 0.15) is 12.4 Å². The molecule has 0 radical (unpaired) electrons. The molecule has 0 aliphatic carbocycles. The summed E-state index contributed by atoms with van der Waals surface area (Å²) in [5, 5.41) is 0.429. The topological polar surface area (TPSA) is 74.2 Å². The summed E-state index contributed by atoms with van der Waals surface area (Å²) in [7, 11) is 0. The molecule has 1 aromatic rings. The molecule has 0 aliphatic heterocycles. The highest BCUT2D eigenvalue weighted by Gasteiger charge is 2.12. The van der Waals surface area contributed by atoms with Crippen molar-refractivity contribution in [3.8, 4) is 0 Å². The summed E-state index contributed by atoms with van der Waals surface area (Å²) in [6.07, 6.45) is -0.677. The third kappa shape index (κ3) is 4.80. The van der Waals surface area contributed by atoms with Gasteiger partial charge in [-0.2, -0.15) is 0 Å². The molecular formula is C10H14ClF2N3O. The highest BCUT2D eigenvalue weighted by Crippen LogP contribution is 2.22. The Morgan fingerprint density at radius 2 is 2.18 bits per heavy atom. The van der Waals surface area contributed by atoms with E-state index in [9.17, 15) is 8.78 Å². The lowest BCUT2D eigenvalue weighted by molar-refractivity contribution is 0.0152. The highest BCUT2D eigenvalue weighted by atomic mass is 35.5. The van der Waals surface area contributed by atoms with E-state index in [1.807, 2.05) is 0 Å². The van der Waals surface area contributed by atoms with E-state index in [4.69, 9.17) is 27.8 Å². The lowest BCUT2D eigenvalue weighted by Crippen LogP contribution is -2.16. The Kier molecular flexibility index (Phi) is 5.54. The van der Waals surface area contributed by atoms with Gasteiger partial charge < -0.3 is 16.2 Å². The number of rotatable bonds is 6. The fraction of sp³-hybridized carbons (Fsp3) is 0.500. The highest BCUT2D eigenvalue weighted by molar-refractivity contribution is 6.30. The summed E-state index contributed by atoms with van der Waals surface area (Å²) in [6.45, 7) is -0.451. The zero-order chi connectivity index (χ0) is 12.8. The number of nitrogen functional groups attached to an aromatic ring is 1. The molecule has 0 bridgehead atoms. The van der Waals surface area contributed by atoms with Gasteiger partial charge in [-0.25, -0.2) is 13.8 Å². The smallest absolute Gasteiger partial charge is 0.261 e. The van der Waals surface area contributed by atoms with Crippen molar-refractivity contribution in [1.82, 2.24) is 4.98 Å². The van der Waals surface area contributed by atoms with Crippen molar-refractivity contribution in [3.05, 3.63) is 22.8 Å². The molecule has 0 spiro atoms. The minimum Gasteiger partial charge on any atom is -0.383 e. The second-order valence-corrected chi connectivity index (χ2v) is 3.93. The summed E-state index contributed by atoms with van der Waals surface area (Å²) >= 11 is 5.76. The third-order valence-corrected chi connectivity index (χ3v) is 2.34. The van der Waals surface area contributed by atoms with E-state index < -0.39 is 19.1 Å². The maximum atomic E-state index is 11.8. The van der Waals surface area contributed by atoms with Crippen molar-refractivity contribution in [2.24, 2.45) is 5.73 Å². The molecule has 7 heteroatoms. The van der Waals surface area contributed by atoms with Gasteiger partial charge in [-0.3, -0.25) is 0 Å². The predicted octanol–water partition coefficient (Wildman–Crippen LogP) is 1.99. The van der Waals surface area contributed by atoms with E-state index >= 15 is 0 Å². The Morgan fingerprint density at radius 1 is 1.47 bits per heavy atom. The molecule has 96 valence electrons. The summed E-state index contributed by atoms with van der Waals surface area (Å²) in [5.41, 5.74) is 12.1. The van der Waals surface area contributed by atoms with Gasteiger partial charge in [-0.1, -0.05) is 11.6 Å². The first-order valence-corrected chi connectivity index (χ1v) is 5.41. The molecule has 0 aromatic carbocycles. The van der Waals surface area contributed by atoms with E-state index in [-0.39, 0.29) is 12.4 Å². The lowest BCUT2D eigenvalue weighted by Gasteiger charge is -2.14. The van der Waals surface area contributed by atoms with E-state index in [1.54, 1.807) is 6.07 Å². The number of hydrogen-bond acceptors (Lipinski definition) is 4. The molecule has 4 nitrogen and oxygen atoms in total. The number of nitrogens with zero attached hydrogens (tertiary/aromatic N) is 1. The summed E-state index contributed by atoms with van der Waals surface area (Å²) in [6, 6.07) is 1.18. The predicted molar refractivity (Wildman–Crippen MR) is 62.0 cm³/mol. The van der Waals surface area contributed by atoms with Crippen LogP contribution < -0.4 is 11.5 Å². The van der Waals surface area contributed by atoms with Gasteiger partial charge in [0.05, 0.1) is 5.02 Å². The minimum atomic E-state index is -2.47. The number of alkyl halides is 2. The molecule has 17 heavy (non-hydrogen) atoms. The molecule has 0 fully saturated rings. The Morgan fingerprint density at radius 3 is 2.82 bits per heavy atom. The summed E-state index contributed by atoms with van der Waals surface area (Å²) in [4.78, 5) is 3.86. The van der Waals surface area contributed by atoms with Crippen molar-refractivity contribution in [2.75, 3.05) is 18.9 Å². The Balaban J connectivity index is 2.46. The third-order valence-electron chi connectivity index (χ3n) is 2.13. The average Bonchev–Trinajstić information content (AvgIpc) is 2.27. The molecule has 1 unspecified atom stereocenters. The van der Waals surface area contributed by atoms with Crippen LogP contribution in [0.3, 0.4) is 0 Å². The fourth-order valence-electron chi connectivity index (χ4n) is 1.30. The van der Waals surface area contributed by atoms with E-state index in [0.29, 0.717) is 17.0 Å². The second kappa shape index (κ2) is 6.68. The van der Waals surface area contributed by atoms with Gasteiger partial charge in [0.25, 0.3) is 6.43 Å². The van der Waals surface area contributed by atoms with Crippen LogP contribution >= 0.6 is 11.6 Å². The van der Waals surface area contributed by atoms with Crippen LogP contribution in [0.5, 0.6) is 0 Å². The monoisotopic (exact) mass is 265 g/mol. The molecular weight excluding hydrogens is 252 g/mol. The normalized spacial score (nSPS) is 13.0. The number of pyridine rings is 1. The average molecular weight is 266 g/mol.